The first-order chi connectivity index (χ1) is 12.0. The van der Waals surface area contributed by atoms with Gasteiger partial charge in [0.15, 0.2) is 5.69 Å². The number of hydrogen-bond acceptors (Lipinski definition) is 4. The highest BCUT2D eigenvalue weighted by Gasteiger charge is 2.40. The van der Waals surface area contributed by atoms with Crippen molar-refractivity contribution in [3.05, 3.63) is 21.3 Å². The number of aromatic nitrogens is 1. The molecule has 1 saturated heterocycles. The lowest BCUT2D eigenvalue weighted by Crippen LogP contribution is -2.30. The number of rotatable bonds is 3. The number of halogens is 6. The summed E-state index contributed by atoms with van der Waals surface area (Å²) in [5, 5.41) is 0. The van der Waals surface area contributed by atoms with Crippen molar-refractivity contribution < 1.29 is 31.5 Å². The SMILES string of the molecule is CCOC(=O)c1c(N2CCCC(F)(F)CC2)nc(C(F)(F)F)c(Br)c1C. The first kappa shape index (κ1) is 20.9. The van der Waals surface area contributed by atoms with Gasteiger partial charge in [0.1, 0.15) is 11.4 Å². The molecular weight excluding hydrogens is 427 g/mol. The Hall–Kier alpha value is -1.45. The largest absolute Gasteiger partial charge is 0.462 e. The maximum atomic E-state index is 13.6. The minimum absolute atomic E-state index is 0.0109. The van der Waals surface area contributed by atoms with E-state index in [1.54, 1.807) is 6.92 Å². The molecule has 1 aromatic rings. The fourth-order valence-electron chi connectivity index (χ4n) is 2.81. The maximum absolute atomic E-state index is 13.6. The molecule has 0 N–H and O–H groups in total. The number of carbonyl (C=O) groups excluding carboxylic acids is 1. The summed E-state index contributed by atoms with van der Waals surface area (Å²) in [6, 6.07) is 0. The Balaban J connectivity index is 2.60. The van der Waals surface area contributed by atoms with Crippen LogP contribution in [0.2, 0.25) is 0 Å². The Kier molecular flexibility index (Phi) is 6.14. The Morgan fingerprint density at radius 3 is 2.54 bits per heavy atom. The van der Waals surface area contributed by atoms with Gasteiger partial charge >= 0.3 is 12.1 Å². The van der Waals surface area contributed by atoms with Gasteiger partial charge in [-0.2, -0.15) is 13.2 Å². The average Bonchev–Trinajstić information content (AvgIpc) is 2.69. The van der Waals surface area contributed by atoms with Crippen molar-refractivity contribution in [2.24, 2.45) is 0 Å². The van der Waals surface area contributed by atoms with Gasteiger partial charge in [-0.3, -0.25) is 0 Å². The molecule has 0 amide bonds. The van der Waals surface area contributed by atoms with Crippen molar-refractivity contribution in [2.45, 2.75) is 45.2 Å². The summed E-state index contributed by atoms with van der Waals surface area (Å²) in [6.07, 6.45) is -5.57. The molecule has 0 aromatic carbocycles. The normalized spacial score (nSPS) is 17.8. The number of esters is 1. The van der Waals surface area contributed by atoms with Gasteiger partial charge in [-0.05, 0) is 41.8 Å². The van der Waals surface area contributed by atoms with Gasteiger partial charge in [-0.1, -0.05) is 0 Å². The molecule has 0 aliphatic carbocycles. The molecule has 10 heteroatoms. The highest BCUT2D eigenvalue weighted by molar-refractivity contribution is 9.10. The smallest absolute Gasteiger partial charge is 0.434 e. The van der Waals surface area contributed by atoms with Crippen LogP contribution < -0.4 is 4.90 Å². The monoisotopic (exact) mass is 444 g/mol. The number of nitrogens with zero attached hydrogens (tertiary/aromatic N) is 2. The minimum atomic E-state index is -4.76. The Bertz CT molecular complexity index is 694. The van der Waals surface area contributed by atoms with Gasteiger partial charge in [0, 0.05) is 25.9 Å². The number of ether oxygens (including phenoxy) is 1. The zero-order valence-corrected chi connectivity index (χ0v) is 15.8. The highest BCUT2D eigenvalue weighted by atomic mass is 79.9. The third-order valence-electron chi connectivity index (χ3n) is 4.12. The van der Waals surface area contributed by atoms with Crippen LogP contribution in [0.15, 0.2) is 4.47 Å². The summed E-state index contributed by atoms with van der Waals surface area (Å²) in [6.45, 7) is 2.79. The van der Waals surface area contributed by atoms with Crippen LogP contribution in [-0.4, -0.2) is 36.6 Å². The predicted octanol–water partition coefficient (Wildman–Crippen LogP) is 4.97. The van der Waals surface area contributed by atoms with E-state index >= 15 is 0 Å². The van der Waals surface area contributed by atoms with E-state index in [0.717, 1.165) is 0 Å². The van der Waals surface area contributed by atoms with Gasteiger partial charge in [0.2, 0.25) is 5.92 Å². The van der Waals surface area contributed by atoms with Gasteiger partial charge in [-0.25, -0.2) is 18.6 Å². The van der Waals surface area contributed by atoms with Crippen molar-refractivity contribution in [1.82, 2.24) is 4.98 Å². The molecule has 0 atom stereocenters. The highest BCUT2D eigenvalue weighted by Crippen LogP contribution is 2.40. The zero-order chi connectivity index (χ0) is 19.7. The first-order valence-corrected chi connectivity index (χ1v) is 8.84. The number of hydrogen-bond donors (Lipinski definition) is 0. The molecule has 0 bridgehead atoms. The van der Waals surface area contributed by atoms with Crippen molar-refractivity contribution in [1.29, 1.82) is 0 Å². The van der Waals surface area contributed by atoms with Gasteiger partial charge in [-0.15, -0.1) is 0 Å². The first-order valence-electron chi connectivity index (χ1n) is 8.05. The van der Waals surface area contributed by atoms with E-state index in [0.29, 0.717) is 0 Å². The lowest BCUT2D eigenvalue weighted by Gasteiger charge is -2.26. The van der Waals surface area contributed by atoms with Gasteiger partial charge < -0.3 is 9.64 Å². The predicted molar refractivity (Wildman–Crippen MR) is 88.6 cm³/mol. The van der Waals surface area contributed by atoms with E-state index in [2.05, 4.69) is 20.9 Å². The molecule has 1 fully saturated rings. The van der Waals surface area contributed by atoms with Crippen LogP contribution in [0.1, 0.15) is 47.8 Å². The second-order valence-electron chi connectivity index (χ2n) is 6.01. The maximum Gasteiger partial charge on any atom is 0.434 e. The van der Waals surface area contributed by atoms with Crippen LogP contribution in [-0.2, 0) is 10.9 Å². The molecule has 1 aromatic heterocycles. The number of alkyl halides is 5. The quantitative estimate of drug-likeness (QED) is 0.487. The van der Waals surface area contributed by atoms with Crippen LogP contribution in [0.4, 0.5) is 27.8 Å². The third-order valence-corrected chi connectivity index (χ3v) is 5.09. The van der Waals surface area contributed by atoms with Crippen molar-refractivity contribution >= 4 is 27.7 Å². The Morgan fingerprint density at radius 2 is 1.96 bits per heavy atom. The third kappa shape index (κ3) is 4.44. The molecule has 26 heavy (non-hydrogen) atoms. The van der Waals surface area contributed by atoms with Crippen LogP contribution in [0.5, 0.6) is 0 Å². The number of anilines is 1. The topological polar surface area (TPSA) is 42.4 Å². The summed E-state index contributed by atoms with van der Waals surface area (Å²) in [5.41, 5.74) is -1.33. The summed E-state index contributed by atoms with van der Waals surface area (Å²) in [4.78, 5) is 17.3. The van der Waals surface area contributed by atoms with E-state index in [-0.39, 0.29) is 54.0 Å². The van der Waals surface area contributed by atoms with Crippen LogP contribution in [0.25, 0.3) is 0 Å². The molecule has 2 rings (SSSR count). The second kappa shape index (κ2) is 7.66. The summed E-state index contributed by atoms with van der Waals surface area (Å²) < 4.78 is 71.8. The minimum Gasteiger partial charge on any atom is -0.462 e. The number of carbonyl (C=O) groups is 1. The number of pyridine rings is 1. The lowest BCUT2D eigenvalue weighted by molar-refractivity contribution is -0.141. The standard InChI is InChI=1S/C16H18BrF5N2O2/c1-3-26-14(25)10-9(2)11(17)12(16(20,21)22)23-13(10)24-7-4-5-15(18,19)6-8-24/h3-8H2,1-2H3. The van der Waals surface area contributed by atoms with Gasteiger partial charge in [0.05, 0.1) is 11.1 Å². The van der Waals surface area contributed by atoms with Crippen molar-refractivity contribution in [3.8, 4) is 0 Å². The lowest BCUT2D eigenvalue weighted by atomic mass is 10.1. The molecule has 0 radical (unpaired) electrons. The Morgan fingerprint density at radius 1 is 1.31 bits per heavy atom. The molecule has 0 unspecified atom stereocenters. The Labute approximate surface area is 155 Å². The molecule has 146 valence electrons. The zero-order valence-electron chi connectivity index (χ0n) is 14.2. The second-order valence-corrected chi connectivity index (χ2v) is 6.81. The van der Waals surface area contributed by atoms with Crippen LogP contribution >= 0.6 is 15.9 Å². The molecule has 1 aliphatic heterocycles. The molecule has 4 nitrogen and oxygen atoms in total. The van der Waals surface area contributed by atoms with E-state index in [1.807, 2.05) is 0 Å². The average molecular weight is 445 g/mol. The summed E-state index contributed by atoms with van der Waals surface area (Å²) in [5.74, 6) is -4.00. The van der Waals surface area contributed by atoms with Crippen molar-refractivity contribution in [3.63, 3.8) is 0 Å². The summed E-state index contributed by atoms with van der Waals surface area (Å²) in [7, 11) is 0. The molecule has 0 saturated carbocycles. The molecule has 1 aliphatic rings. The van der Waals surface area contributed by atoms with Crippen LogP contribution in [0.3, 0.4) is 0 Å². The fourth-order valence-corrected chi connectivity index (χ4v) is 3.32. The van der Waals surface area contributed by atoms with E-state index in [4.69, 9.17) is 4.74 Å². The van der Waals surface area contributed by atoms with E-state index in [1.165, 1.54) is 11.8 Å². The van der Waals surface area contributed by atoms with E-state index < -0.39 is 30.2 Å². The van der Waals surface area contributed by atoms with Gasteiger partial charge in [0.25, 0.3) is 0 Å². The molecular formula is C16H18BrF5N2O2. The fraction of sp³-hybridized carbons (Fsp3) is 0.625. The molecule has 2 heterocycles. The van der Waals surface area contributed by atoms with E-state index in [9.17, 15) is 26.7 Å². The summed E-state index contributed by atoms with van der Waals surface area (Å²) >= 11 is 2.85. The van der Waals surface area contributed by atoms with Crippen LogP contribution in [0, 0.1) is 6.92 Å². The van der Waals surface area contributed by atoms with Crippen molar-refractivity contribution in [2.75, 3.05) is 24.6 Å². The molecule has 0 spiro atoms.